The zero-order valence-corrected chi connectivity index (χ0v) is 11.2. The van der Waals surface area contributed by atoms with Crippen molar-refractivity contribution in [2.75, 3.05) is 7.11 Å². The number of benzene rings is 1. The van der Waals surface area contributed by atoms with Gasteiger partial charge in [-0.05, 0) is 38.8 Å². The van der Waals surface area contributed by atoms with Gasteiger partial charge in [0.15, 0.2) is 5.78 Å². The minimum Gasteiger partial charge on any atom is -0.496 e. The smallest absolute Gasteiger partial charge is 0.318 e. The monoisotopic (exact) mass is 248 g/mol. The molecule has 2 rings (SSSR count). The lowest BCUT2D eigenvalue weighted by Crippen LogP contribution is -2.09. The molecule has 1 unspecified atom stereocenters. The topological polar surface area (TPSA) is 52.6 Å². The first-order valence-corrected chi connectivity index (χ1v) is 5.83. The molecule has 0 amide bonds. The highest BCUT2D eigenvalue weighted by atomic mass is 16.5. The standard InChI is InChI=1S/C14H16O4/c1-6-7(2)13-10(8(3)14(16)18-13)11(9(4)15)12(6)17-5/h8H,1-5H3. The summed E-state index contributed by atoms with van der Waals surface area (Å²) in [6.45, 7) is 6.95. The number of carbonyl (C=O) groups excluding carboxylic acids is 2. The van der Waals surface area contributed by atoms with Crippen molar-refractivity contribution < 1.29 is 19.1 Å². The molecule has 4 nitrogen and oxygen atoms in total. The molecule has 1 aliphatic heterocycles. The lowest BCUT2D eigenvalue weighted by atomic mass is 9.89. The van der Waals surface area contributed by atoms with Crippen LogP contribution in [0.2, 0.25) is 0 Å². The van der Waals surface area contributed by atoms with Crippen molar-refractivity contribution in [3.63, 3.8) is 0 Å². The number of ether oxygens (including phenoxy) is 2. The second-order valence-electron chi connectivity index (χ2n) is 4.60. The normalized spacial score (nSPS) is 17.4. The molecule has 0 N–H and O–H groups in total. The maximum Gasteiger partial charge on any atom is 0.318 e. The molecule has 0 aromatic heterocycles. The summed E-state index contributed by atoms with van der Waals surface area (Å²) in [6, 6.07) is 0. The lowest BCUT2D eigenvalue weighted by molar-refractivity contribution is -0.133. The van der Waals surface area contributed by atoms with Crippen molar-refractivity contribution in [1.29, 1.82) is 0 Å². The highest BCUT2D eigenvalue weighted by molar-refractivity contribution is 6.03. The van der Waals surface area contributed by atoms with Crippen molar-refractivity contribution in [2.24, 2.45) is 0 Å². The van der Waals surface area contributed by atoms with Crippen LogP contribution in [0.1, 0.15) is 46.8 Å². The van der Waals surface area contributed by atoms with E-state index in [-0.39, 0.29) is 11.8 Å². The number of Topliss-reactive ketones (excluding diaryl/α,β-unsaturated/α-hetero) is 1. The maximum atomic E-state index is 11.9. The molecule has 1 heterocycles. The van der Waals surface area contributed by atoms with Crippen LogP contribution in [-0.4, -0.2) is 18.9 Å². The molecule has 0 fully saturated rings. The molecule has 1 aromatic rings. The number of ketones is 1. The van der Waals surface area contributed by atoms with Crippen molar-refractivity contribution in [3.05, 3.63) is 22.3 Å². The Kier molecular flexibility index (Phi) is 2.89. The van der Waals surface area contributed by atoms with Crippen LogP contribution in [0.25, 0.3) is 0 Å². The molecule has 4 heteroatoms. The highest BCUT2D eigenvalue weighted by Gasteiger charge is 2.37. The zero-order valence-electron chi connectivity index (χ0n) is 11.2. The van der Waals surface area contributed by atoms with Gasteiger partial charge < -0.3 is 9.47 Å². The minimum absolute atomic E-state index is 0.114. The Balaban J connectivity index is 2.88. The largest absolute Gasteiger partial charge is 0.496 e. The van der Waals surface area contributed by atoms with Gasteiger partial charge >= 0.3 is 5.97 Å². The van der Waals surface area contributed by atoms with Gasteiger partial charge in [-0.25, -0.2) is 0 Å². The summed E-state index contributed by atoms with van der Waals surface area (Å²) in [7, 11) is 1.53. The first-order chi connectivity index (χ1) is 8.40. The molecule has 0 spiro atoms. The van der Waals surface area contributed by atoms with Crippen LogP contribution >= 0.6 is 0 Å². The van der Waals surface area contributed by atoms with Gasteiger partial charge in [-0.15, -0.1) is 0 Å². The van der Waals surface area contributed by atoms with E-state index in [1.54, 1.807) is 6.92 Å². The number of hydrogen-bond acceptors (Lipinski definition) is 4. The van der Waals surface area contributed by atoms with E-state index in [0.29, 0.717) is 22.6 Å². The predicted octanol–water partition coefficient (Wildman–Crippen LogP) is 2.54. The zero-order chi connectivity index (χ0) is 13.6. The van der Waals surface area contributed by atoms with E-state index in [4.69, 9.17) is 9.47 Å². The van der Waals surface area contributed by atoms with Gasteiger partial charge in [0.2, 0.25) is 0 Å². The van der Waals surface area contributed by atoms with Crippen LogP contribution < -0.4 is 9.47 Å². The van der Waals surface area contributed by atoms with E-state index in [0.717, 1.165) is 11.1 Å². The number of carbonyl (C=O) groups is 2. The van der Waals surface area contributed by atoms with E-state index < -0.39 is 5.92 Å². The highest BCUT2D eigenvalue weighted by Crippen LogP contribution is 2.46. The first kappa shape index (κ1) is 12.6. The van der Waals surface area contributed by atoms with Crippen molar-refractivity contribution in [2.45, 2.75) is 33.6 Å². The molecular formula is C14H16O4. The first-order valence-electron chi connectivity index (χ1n) is 5.83. The van der Waals surface area contributed by atoms with Gasteiger partial charge in [0.05, 0.1) is 18.6 Å². The lowest BCUT2D eigenvalue weighted by Gasteiger charge is -2.16. The van der Waals surface area contributed by atoms with E-state index in [1.807, 2.05) is 13.8 Å². The molecule has 1 aliphatic rings. The third kappa shape index (κ3) is 1.52. The molecule has 0 radical (unpaired) electrons. The quantitative estimate of drug-likeness (QED) is 0.458. The number of methoxy groups -OCH3 is 1. The summed E-state index contributed by atoms with van der Waals surface area (Å²) in [5.74, 6) is 0.214. The van der Waals surface area contributed by atoms with Crippen LogP contribution in [0, 0.1) is 13.8 Å². The fourth-order valence-corrected chi connectivity index (χ4v) is 2.42. The van der Waals surface area contributed by atoms with Crippen molar-refractivity contribution >= 4 is 11.8 Å². The van der Waals surface area contributed by atoms with Crippen molar-refractivity contribution in [3.8, 4) is 11.5 Å². The minimum atomic E-state index is -0.424. The van der Waals surface area contributed by atoms with Crippen LogP contribution in [0.5, 0.6) is 11.5 Å². The van der Waals surface area contributed by atoms with Gasteiger partial charge in [-0.2, -0.15) is 0 Å². The molecule has 0 aliphatic carbocycles. The Morgan fingerprint density at radius 1 is 1.28 bits per heavy atom. The number of rotatable bonds is 2. The van der Waals surface area contributed by atoms with Crippen LogP contribution in [0.4, 0.5) is 0 Å². The summed E-state index contributed by atoms with van der Waals surface area (Å²) in [4.78, 5) is 23.5. The molecule has 0 bridgehead atoms. The molecule has 0 saturated carbocycles. The van der Waals surface area contributed by atoms with E-state index in [1.165, 1.54) is 14.0 Å². The SMILES string of the molecule is COc1c(C)c(C)c2c(c1C(C)=O)C(C)C(=O)O2. The molecule has 18 heavy (non-hydrogen) atoms. The average Bonchev–Trinajstić information content (AvgIpc) is 2.60. The molecule has 0 saturated heterocycles. The van der Waals surface area contributed by atoms with Crippen LogP contribution in [-0.2, 0) is 4.79 Å². The van der Waals surface area contributed by atoms with Crippen LogP contribution in [0.3, 0.4) is 0 Å². The number of esters is 1. The maximum absolute atomic E-state index is 11.9. The van der Waals surface area contributed by atoms with Gasteiger partial charge in [-0.1, -0.05) is 0 Å². The Morgan fingerprint density at radius 2 is 1.89 bits per heavy atom. The molecular weight excluding hydrogens is 232 g/mol. The van der Waals surface area contributed by atoms with E-state index in [9.17, 15) is 9.59 Å². The second kappa shape index (κ2) is 4.12. The third-order valence-electron chi connectivity index (χ3n) is 3.53. The summed E-state index contributed by atoms with van der Waals surface area (Å²) in [5.41, 5.74) is 2.81. The van der Waals surface area contributed by atoms with Gasteiger partial charge in [0.25, 0.3) is 0 Å². The fraction of sp³-hybridized carbons (Fsp3) is 0.429. The summed E-state index contributed by atoms with van der Waals surface area (Å²) in [6.07, 6.45) is 0. The Bertz CT molecular complexity index is 558. The van der Waals surface area contributed by atoms with E-state index >= 15 is 0 Å². The third-order valence-corrected chi connectivity index (χ3v) is 3.53. The van der Waals surface area contributed by atoms with Gasteiger partial charge in [0.1, 0.15) is 11.5 Å². The Morgan fingerprint density at radius 3 is 2.39 bits per heavy atom. The molecule has 1 atom stereocenters. The van der Waals surface area contributed by atoms with Crippen molar-refractivity contribution in [1.82, 2.24) is 0 Å². The molecule has 96 valence electrons. The van der Waals surface area contributed by atoms with Gasteiger partial charge in [-0.3, -0.25) is 9.59 Å². The van der Waals surface area contributed by atoms with E-state index in [2.05, 4.69) is 0 Å². The summed E-state index contributed by atoms with van der Waals surface area (Å²) < 4.78 is 10.6. The molecule has 1 aromatic carbocycles. The Hall–Kier alpha value is -1.84. The fourth-order valence-electron chi connectivity index (χ4n) is 2.42. The Labute approximate surface area is 106 Å². The second-order valence-corrected chi connectivity index (χ2v) is 4.60. The van der Waals surface area contributed by atoms with Crippen LogP contribution in [0.15, 0.2) is 0 Å². The summed E-state index contributed by atoms with van der Waals surface area (Å²) >= 11 is 0. The summed E-state index contributed by atoms with van der Waals surface area (Å²) in [5, 5.41) is 0. The number of hydrogen-bond donors (Lipinski definition) is 0. The average molecular weight is 248 g/mol. The predicted molar refractivity (Wildman–Crippen MR) is 66.5 cm³/mol. The van der Waals surface area contributed by atoms with Gasteiger partial charge in [0, 0.05) is 5.56 Å². The number of fused-ring (bicyclic) bond motifs is 1.